The van der Waals surface area contributed by atoms with Gasteiger partial charge in [-0.25, -0.2) is 0 Å². The summed E-state index contributed by atoms with van der Waals surface area (Å²) in [6.45, 7) is 6.38. The third-order valence-electron chi connectivity index (χ3n) is 13.3. The molecule has 3 atom stereocenters. The summed E-state index contributed by atoms with van der Waals surface area (Å²) < 4.78 is 5.96. The first-order chi connectivity index (χ1) is 32.5. The van der Waals surface area contributed by atoms with Crippen LogP contribution in [-0.2, 0) is 14.3 Å². The summed E-state index contributed by atoms with van der Waals surface area (Å²) in [7, 11) is 0. The lowest BCUT2D eigenvalue weighted by Gasteiger charge is -2.24. The summed E-state index contributed by atoms with van der Waals surface area (Å²) in [5.74, 6) is -0.486. The zero-order valence-corrected chi connectivity index (χ0v) is 44.1. The molecule has 0 radical (unpaired) electrons. The molecule has 0 aliphatic heterocycles. The number of unbranched alkanes of at least 4 members (excludes halogenated alkanes) is 35. The van der Waals surface area contributed by atoms with Gasteiger partial charge in [0.15, 0.2) is 0 Å². The molecule has 6 nitrogen and oxygen atoms in total. The van der Waals surface area contributed by atoms with E-state index in [0.29, 0.717) is 19.3 Å². The number of hydrogen-bond donors (Lipinski definition) is 3. The molecule has 0 aliphatic rings. The molecule has 1 amide bonds. The highest BCUT2D eigenvalue weighted by Crippen LogP contribution is 2.19. The van der Waals surface area contributed by atoms with E-state index in [0.717, 1.165) is 70.6 Å². The molecule has 0 aromatic carbocycles. The van der Waals surface area contributed by atoms with Crippen molar-refractivity contribution in [1.29, 1.82) is 0 Å². The van der Waals surface area contributed by atoms with Gasteiger partial charge in [-0.3, -0.25) is 9.59 Å². The largest absolute Gasteiger partial charge is 0.462 e. The van der Waals surface area contributed by atoms with Gasteiger partial charge in [-0.1, -0.05) is 288 Å². The molecule has 0 aromatic rings. The van der Waals surface area contributed by atoms with Gasteiger partial charge in [-0.15, -0.1) is 0 Å². The van der Waals surface area contributed by atoms with Crippen molar-refractivity contribution in [1.82, 2.24) is 5.32 Å². The van der Waals surface area contributed by atoms with Crippen LogP contribution in [0.4, 0.5) is 0 Å². The van der Waals surface area contributed by atoms with Crippen LogP contribution in [-0.4, -0.2) is 46.9 Å². The fourth-order valence-corrected chi connectivity index (χ4v) is 8.91. The number of ether oxygens (including phenoxy) is 1. The number of allylic oxidation sites excluding steroid dienone is 8. The molecular formula is C60H111NO5. The summed E-state index contributed by atoms with van der Waals surface area (Å²) in [6.07, 6.45) is 66.0. The standard InChI is InChI=1S/C60H111NO5/c1-4-7-10-13-16-19-22-25-28-31-33-36-39-42-45-48-51-56(66-60(65)53-50-47-44-41-38-35-30-27-24-21-18-15-12-9-6-3)54-59(64)61-57(55-62)58(63)52-49-46-43-40-37-34-32-29-26-23-20-17-14-11-8-5-2/h9,12,15,18,21,24,27,30,56-58,62-63H,4-8,10-11,13-14,16-17,19-20,22-23,25-26,28-29,31-55H2,1-3H3,(H,61,64)/b12-9+,18-15+,24-21+,30-27-. The molecule has 0 spiro atoms. The van der Waals surface area contributed by atoms with E-state index in [1.54, 1.807) is 0 Å². The summed E-state index contributed by atoms with van der Waals surface area (Å²) in [5.41, 5.74) is 0. The lowest BCUT2D eigenvalue weighted by Crippen LogP contribution is -2.46. The van der Waals surface area contributed by atoms with Crippen molar-refractivity contribution in [3.63, 3.8) is 0 Å². The predicted octanol–water partition coefficient (Wildman–Crippen LogP) is 17.8. The van der Waals surface area contributed by atoms with Gasteiger partial charge >= 0.3 is 5.97 Å². The fourth-order valence-electron chi connectivity index (χ4n) is 8.91. The lowest BCUT2D eigenvalue weighted by molar-refractivity contribution is -0.151. The molecule has 3 N–H and O–H groups in total. The van der Waals surface area contributed by atoms with E-state index in [9.17, 15) is 19.8 Å². The van der Waals surface area contributed by atoms with Gasteiger partial charge in [-0.2, -0.15) is 0 Å². The smallest absolute Gasteiger partial charge is 0.306 e. The van der Waals surface area contributed by atoms with Crippen LogP contribution in [0.3, 0.4) is 0 Å². The topological polar surface area (TPSA) is 95.9 Å². The minimum atomic E-state index is -0.792. The van der Waals surface area contributed by atoms with E-state index in [1.165, 1.54) is 180 Å². The normalized spacial score (nSPS) is 13.5. The Labute approximate surface area is 410 Å². The highest BCUT2D eigenvalue weighted by atomic mass is 16.5. The van der Waals surface area contributed by atoms with Crippen molar-refractivity contribution in [2.24, 2.45) is 0 Å². The van der Waals surface area contributed by atoms with Crippen molar-refractivity contribution in [3.8, 4) is 0 Å². The van der Waals surface area contributed by atoms with Crippen molar-refractivity contribution >= 4 is 11.9 Å². The van der Waals surface area contributed by atoms with Crippen LogP contribution < -0.4 is 5.32 Å². The SMILES string of the molecule is CC/C=C/C=C/C=C/C=C\CCCCCCCC(=O)OC(CCCCCCCCCCCCCCCCCC)CC(=O)NC(CO)C(O)CCCCCCCCCCCCCCCCCC. The molecule has 0 bridgehead atoms. The number of carbonyl (C=O) groups is 2. The summed E-state index contributed by atoms with van der Waals surface area (Å²) in [5, 5.41) is 23.9. The molecule has 0 heterocycles. The van der Waals surface area contributed by atoms with Crippen LogP contribution in [0.25, 0.3) is 0 Å². The van der Waals surface area contributed by atoms with Crippen molar-refractivity contribution < 1.29 is 24.5 Å². The van der Waals surface area contributed by atoms with Crippen LogP contribution in [0.15, 0.2) is 48.6 Å². The zero-order valence-electron chi connectivity index (χ0n) is 44.1. The molecule has 0 saturated carbocycles. The van der Waals surface area contributed by atoms with Gasteiger partial charge in [0.05, 0.1) is 25.2 Å². The zero-order chi connectivity index (χ0) is 48.1. The Hall–Kier alpha value is -2.18. The quantitative estimate of drug-likeness (QED) is 0.0321. The van der Waals surface area contributed by atoms with Gasteiger partial charge in [0, 0.05) is 6.42 Å². The number of hydrogen-bond acceptors (Lipinski definition) is 5. The molecule has 386 valence electrons. The molecular weight excluding hydrogens is 815 g/mol. The van der Waals surface area contributed by atoms with Gasteiger partial charge in [0.1, 0.15) is 6.10 Å². The van der Waals surface area contributed by atoms with E-state index in [-0.39, 0.29) is 24.9 Å². The van der Waals surface area contributed by atoms with Crippen LogP contribution in [0.2, 0.25) is 0 Å². The number of nitrogens with one attached hydrogen (secondary N) is 1. The maximum atomic E-state index is 13.3. The van der Waals surface area contributed by atoms with Crippen LogP contribution >= 0.6 is 0 Å². The second kappa shape index (κ2) is 53.8. The summed E-state index contributed by atoms with van der Waals surface area (Å²) in [4.78, 5) is 26.3. The first kappa shape index (κ1) is 63.8. The van der Waals surface area contributed by atoms with Crippen molar-refractivity contribution in [2.75, 3.05) is 6.61 Å². The summed E-state index contributed by atoms with van der Waals surface area (Å²) >= 11 is 0. The lowest BCUT2D eigenvalue weighted by atomic mass is 10.0. The number of aliphatic hydroxyl groups is 2. The Kier molecular flexibility index (Phi) is 52.0. The van der Waals surface area contributed by atoms with Gasteiger partial charge in [0.25, 0.3) is 0 Å². The van der Waals surface area contributed by atoms with E-state index in [4.69, 9.17) is 4.74 Å². The number of rotatable bonds is 52. The molecule has 0 saturated heterocycles. The number of aliphatic hydroxyl groups excluding tert-OH is 2. The van der Waals surface area contributed by atoms with Crippen LogP contribution in [0, 0.1) is 0 Å². The number of amides is 1. The predicted molar refractivity (Wildman–Crippen MR) is 287 cm³/mol. The Morgan fingerprint density at radius 1 is 0.455 bits per heavy atom. The van der Waals surface area contributed by atoms with Gasteiger partial charge in [0.2, 0.25) is 5.91 Å². The average molecular weight is 927 g/mol. The molecule has 6 heteroatoms. The molecule has 0 aliphatic carbocycles. The second-order valence-electron chi connectivity index (χ2n) is 19.8. The fraction of sp³-hybridized carbons (Fsp3) is 0.833. The first-order valence-corrected chi connectivity index (χ1v) is 28.9. The number of carbonyl (C=O) groups excluding carboxylic acids is 2. The van der Waals surface area contributed by atoms with Crippen molar-refractivity contribution in [2.45, 2.75) is 315 Å². The second-order valence-corrected chi connectivity index (χ2v) is 19.8. The van der Waals surface area contributed by atoms with E-state index >= 15 is 0 Å². The molecule has 66 heavy (non-hydrogen) atoms. The number of esters is 1. The van der Waals surface area contributed by atoms with Crippen molar-refractivity contribution in [3.05, 3.63) is 48.6 Å². The van der Waals surface area contributed by atoms with Crippen LogP contribution in [0.5, 0.6) is 0 Å². The monoisotopic (exact) mass is 926 g/mol. The minimum absolute atomic E-state index is 0.0711. The minimum Gasteiger partial charge on any atom is -0.462 e. The highest BCUT2D eigenvalue weighted by Gasteiger charge is 2.24. The van der Waals surface area contributed by atoms with Crippen LogP contribution in [0.1, 0.15) is 297 Å². The highest BCUT2D eigenvalue weighted by molar-refractivity contribution is 5.77. The molecule has 0 aromatic heterocycles. The Morgan fingerprint density at radius 2 is 0.818 bits per heavy atom. The Morgan fingerprint density at radius 3 is 1.24 bits per heavy atom. The summed E-state index contributed by atoms with van der Waals surface area (Å²) in [6, 6.07) is -0.706. The van der Waals surface area contributed by atoms with Gasteiger partial charge < -0.3 is 20.3 Å². The van der Waals surface area contributed by atoms with E-state index in [2.05, 4.69) is 56.5 Å². The van der Waals surface area contributed by atoms with E-state index < -0.39 is 18.2 Å². The maximum Gasteiger partial charge on any atom is 0.306 e. The molecule has 0 rings (SSSR count). The van der Waals surface area contributed by atoms with E-state index in [1.807, 2.05) is 18.2 Å². The Bertz CT molecular complexity index is 1130. The maximum absolute atomic E-state index is 13.3. The van der Waals surface area contributed by atoms with Gasteiger partial charge in [-0.05, 0) is 44.9 Å². The molecule has 0 fully saturated rings. The average Bonchev–Trinajstić information content (AvgIpc) is 3.31. The first-order valence-electron chi connectivity index (χ1n) is 28.9. The molecule has 3 unspecified atom stereocenters. The third kappa shape index (κ3) is 48.3. The Balaban J connectivity index is 4.56. The third-order valence-corrected chi connectivity index (χ3v) is 13.3.